The number of guanidine groups is 1. The average molecular weight is 559 g/mol. The largest absolute Gasteiger partial charge is 0.744 e. The summed E-state index contributed by atoms with van der Waals surface area (Å²) in [5.74, 6) is -0.165. The van der Waals surface area contributed by atoms with Crippen LogP contribution in [0.15, 0.2) is 65.6 Å². The van der Waals surface area contributed by atoms with E-state index < -0.39 is 33.3 Å². The molecule has 0 saturated heterocycles. The molecule has 0 spiro atoms. The van der Waals surface area contributed by atoms with Gasteiger partial charge in [0.2, 0.25) is 0 Å². The summed E-state index contributed by atoms with van der Waals surface area (Å²) in [6.45, 7) is 10.1. The van der Waals surface area contributed by atoms with Crippen LogP contribution >= 0.6 is 0 Å². The van der Waals surface area contributed by atoms with Crippen molar-refractivity contribution < 1.29 is 37.0 Å². The number of hydrogen-bond donors (Lipinski definition) is 4. The summed E-state index contributed by atoms with van der Waals surface area (Å²) in [7, 11) is -4.27. The monoisotopic (exact) mass is 558 g/mol. The van der Waals surface area contributed by atoms with E-state index in [0.29, 0.717) is 11.4 Å². The van der Waals surface area contributed by atoms with Crippen LogP contribution in [0.1, 0.15) is 40.2 Å². The summed E-state index contributed by atoms with van der Waals surface area (Å²) >= 11 is 0. The molecule has 0 saturated carbocycles. The van der Waals surface area contributed by atoms with E-state index in [1.54, 1.807) is 71.0 Å². The van der Waals surface area contributed by atoms with Crippen molar-refractivity contribution in [3.05, 3.63) is 66.2 Å². The van der Waals surface area contributed by atoms with Crippen LogP contribution in [0.3, 0.4) is 0 Å². The number of aryl methyl sites for hydroxylation is 1. The van der Waals surface area contributed by atoms with E-state index in [1.807, 2.05) is 19.1 Å². The second-order valence-corrected chi connectivity index (χ2v) is 11.6. The number of fused-ring (bicyclic) bond motifs is 1. The molecule has 0 aromatic heterocycles. The van der Waals surface area contributed by atoms with Crippen LogP contribution in [0.25, 0.3) is 10.8 Å². The maximum absolute atomic E-state index is 12.7. The normalized spacial score (nSPS) is 11.6. The molecule has 1 amide bonds. The van der Waals surface area contributed by atoms with Gasteiger partial charge in [0.15, 0.2) is 0 Å². The molecule has 3 rings (SSSR count). The standard InChI is InChI=1S/C20H26N4O4.C7H8O3S/c1-19(2,3)28-18(26)24-20(4,5)16(25)27-15-8-6-7-12-11-13(23-17(21)22)9-10-14(12)15;1-6-2-4-7(5-3-6)11(8,9)10/h6-11H,1-5H3,(H,24,26)(H4,21,22,23);2-5H,1H3,(H,8,9,10). The van der Waals surface area contributed by atoms with E-state index in [4.69, 9.17) is 20.9 Å². The first kappa shape index (κ1) is 31.1. The number of esters is 1. The highest BCUT2D eigenvalue weighted by Crippen LogP contribution is 2.28. The van der Waals surface area contributed by atoms with Crippen molar-refractivity contribution in [2.24, 2.45) is 11.5 Å². The van der Waals surface area contributed by atoms with Gasteiger partial charge in [-0.15, -0.1) is 0 Å². The Morgan fingerprint density at radius 2 is 1.56 bits per heavy atom. The van der Waals surface area contributed by atoms with Crippen LogP contribution in [-0.2, 0) is 19.6 Å². The van der Waals surface area contributed by atoms with Gasteiger partial charge in [-0.1, -0.05) is 29.8 Å². The number of carbonyl (C=O) groups is 2. The van der Waals surface area contributed by atoms with Gasteiger partial charge in [0.05, 0.1) is 10.6 Å². The summed E-state index contributed by atoms with van der Waals surface area (Å²) < 4.78 is 41.9. The number of benzene rings is 3. The van der Waals surface area contributed by atoms with Gasteiger partial charge in [-0.05, 0) is 83.3 Å². The Morgan fingerprint density at radius 3 is 2.10 bits per heavy atom. The average Bonchev–Trinajstić information content (AvgIpc) is 2.77. The van der Waals surface area contributed by atoms with Crippen LogP contribution < -0.4 is 26.5 Å². The van der Waals surface area contributed by atoms with Crippen molar-refractivity contribution in [2.75, 3.05) is 0 Å². The van der Waals surface area contributed by atoms with Gasteiger partial charge >= 0.3 is 18.0 Å². The lowest BCUT2D eigenvalue weighted by Gasteiger charge is -2.27. The number of rotatable bonds is 5. The molecule has 0 unspecified atom stereocenters. The van der Waals surface area contributed by atoms with E-state index in [0.717, 1.165) is 16.3 Å². The van der Waals surface area contributed by atoms with Crippen molar-refractivity contribution >= 4 is 44.6 Å². The minimum Gasteiger partial charge on any atom is -0.744 e. The van der Waals surface area contributed by atoms with Crippen molar-refractivity contribution in [1.29, 1.82) is 0 Å². The Balaban J connectivity index is 0.000000404. The first-order chi connectivity index (χ1) is 17.9. The lowest BCUT2D eigenvalue weighted by molar-refractivity contribution is -0.356. The van der Waals surface area contributed by atoms with E-state index >= 15 is 0 Å². The zero-order valence-electron chi connectivity index (χ0n) is 22.7. The molecule has 6 N–H and O–H groups in total. The lowest BCUT2D eigenvalue weighted by Crippen LogP contribution is -2.72. The van der Waals surface area contributed by atoms with Crippen LogP contribution in [-0.4, -0.2) is 42.1 Å². The Morgan fingerprint density at radius 1 is 0.949 bits per heavy atom. The zero-order chi connectivity index (χ0) is 29.6. The molecular weight excluding hydrogens is 524 g/mol. The quantitative estimate of drug-likeness (QED) is 0.119. The Kier molecular flexibility index (Phi) is 9.66. The summed E-state index contributed by atoms with van der Waals surface area (Å²) in [5.41, 5.74) is 10.6. The van der Waals surface area contributed by atoms with E-state index in [1.165, 1.54) is 12.1 Å². The number of nitrogens with one attached hydrogen (secondary N) is 2. The van der Waals surface area contributed by atoms with Gasteiger partial charge in [0.25, 0.3) is 0 Å². The van der Waals surface area contributed by atoms with Crippen molar-refractivity contribution in [3.8, 4) is 5.75 Å². The molecule has 0 heterocycles. The molecule has 3 aromatic rings. The van der Waals surface area contributed by atoms with Crippen molar-refractivity contribution in [1.82, 2.24) is 5.32 Å². The van der Waals surface area contributed by atoms with Crippen molar-refractivity contribution in [3.63, 3.8) is 0 Å². The fourth-order valence-corrected chi connectivity index (χ4v) is 3.60. The van der Waals surface area contributed by atoms with Crippen molar-refractivity contribution in [2.45, 2.75) is 57.6 Å². The Bertz CT molecular complexity index is 1470. The van der Waals surface area contributed by atoms with Gasteiger partial charge in [-0.25, -0.2) is 23.0 Å². The fourth-order valence-electron chi connectivity index (χ4n) is 3.13. The number of amides is 1. The van der Waals surface area contributed by atoms with Gasteiger partial charge in [0.1, 0.15) is 27.0 Å². The third-order valence-corrected chi connectivity index (χ3v) is 5.81. The summed E-state index contributed by atoms with van der Waals surface area (Å²) in [5, 5.41) is 4.09. The van der Waals surface area contributed by atoms with Crippen LogP contribution in [0, 0.1) is 6.92 Å². The number of carbonyl (C=O) groups excluding carboxylic acids is 2. The van der Waals surface area contributed by atoms with Gasteiger partial charge < -0.3 is 19.3 Å². The highest BCUT2D eigenvalue weighted by Gasteiger charge is 2.33. The highest BCUT2D eigenvalue weighted by atomic mass is 32.2. The SMILES string of the molecule is CC(C)(C)OC(=O)NC(C)(C)C(=O)Oc1cccc2cc([NH+]=C(N)N)ccc12.Cc1ccc(S(=O)(=O)[O-])cc1. The van der Waals surface area contributed by atoms with Gasteiger partial charge in [-0.2, -0.15) is 0 Å². The molecule has 0 aliphatic heterocycles. The molecule has 0 fully saturated rings. The second-order valence-electron chi connectivity index (χ2n) is 10.2. The first-order valence-corrected chi connectivity index (χ1v) is 13.2. The minimum atomic E-state index is -4.27. The molecule has 0 bridgehead atoms. The van der Waals surface area contributed by atoms with Crippen LogP contribution in [0.2, 0.25) is 0 Å². The first-order valence-electron chi connectivity index (χ1n) is 11.8. The molecule has 0 atom stereocenters. The molecule has 210 valence electrons. The maximum atomic E-state index is 12.7. The number of nitrogens with two attached hydrogens (primary N) is 2. The molecular formula is C27H34N4O7S. The van der Waals surface area contributed by atoms with Crippen LogP contribution in [0.4, 0.5) is 10.5 Å². The van der Waals surface area contributed by atoms with E-state index in [-0.39, 0.29) is 10.9 Å². The topological polar surface area (TPSA) is 188 Å². The molecule has 3 aromatic carbocycles. The van der Waals surface area contributed by atoms with E-state index in [9.17, 15) is 22.6 Å². The van der Waals surface area contributed by atoms with Crippen LogP contribution in [0.5, 0.6) is 5.75 Å². The fraction of sp³-hybridized carbons (Fsp3) is 0.296. The third-order valence-electron chi connectivity index (χ3n) is 4.97. The molecule has 39 heavy (non-hydrogen) atoms. The van der Waals surface area contributed by atoms with E-state index in [2.05, 4.69) is 10.3 Å². The smallest absolute Gasteiger partial charge is 0.408 e. The maximum Gasteiger partial charge on any atom is 0.408 e. The predicted octanol–water partition coefficient (Wildman–Crippen LogP) is 1.93. The second kappa shape index (κ2) is 12.1. The number of alkyl carbamates (subject to hydrolysis) is 1. The Labute approximate surface area is 227 Å². The molecule has 0 radical (unpaired) electrons. The van der Waals surface area contributed by atoms with Gasteiger partial charge in [-0.3, -0.25) is 11.5 Å². The Hall–Kier alpha value is -4.16. The molecule has 0 aliphatic rings. The molecule has 11 nitrogen and oxygen atoms in total. The zero-order valence-corrected chi connectivity index (χ0v) is 23.5. The predicted molar refractivity (Wildman–Crippen MR) is 146 cm³/mol. The molecule has 0 aliphatic carbocycles. The minimum absolute atomic E-state index is 0.0805. The highest BCUT2D eigenvalue weighted by molar-refractivity contribution is 7.85. The third kappa shape index (κ3) is 9.91. The number of ether oxygens (including phenoxy) is 2. The summed E-state index contributed by atoms with van der Waals surface area (Å²) in [6.07, 6.45) is -0.696. The lowest BCUT2D eigenvalue weighted by atomic mass is 10.1. The summed E-state index contributed by atoms with van der Waals surface area (Å²) in [4.78, 5) is 27.3. The van der Waals surface area contributed by atoms with Gasteiger partial charge in [0, 0.05) is 5.39 Å². The summed E-state index contributed by atoms with van der Waals surface area (Å²) in [6, 6.07) is 16.5. The molecule has 12 heteroatoms. The number of hydrogen-bond acceptors (Lipinski definition) is 7.